The summed E-state index contributed by atoms with van der Waals surface area (Å²) in [5, 5.41) is 71.4. The van der Waals surface area contributed by atoms with E-state index >= 15 is 0 Å². The first-order valence-corrected chi connectivity index (χ1v) is 13.2. The monoisotopic (exact) mass is 608 g/mol. The molecule has 15 heteroatoms. The Kier molecular flexibility index (Phi) is 9.07. The molecule has 0 saturated carbocycles. The van der Waals surface area contributed by atoms with Gasteiger partial charge in [0.15, 0.2) is 23.2 Å². The SMILES string of the molecule is COc1cc(O[C@@H]2OC(CO[C@@H]3OC[C@@H](O)[C@H](O)C3O)[C@@H](O)[C@H](O)C2O)c2c(=O)cc(-c3ccc(OC)c(O)c3)oc2c1. The van der Waals surface area contributed by atoms with Gasteiger partial charge in [0.1, 0.15) is 71.0 Å². The van der Waals surface area contributed by atoms with E-state index in [1.807, 2.05) is 0 Å². The van der Waals surface area contributed by atoms with Gasteiger partial charge < -0.3 is 68.6 Å². The lowest BCUT2D eigenvalue weighted by Crippen LogP contribution is -2.61. The van der Waals surface area contributed by atoms with Gasteiger partial charge in [-0.3, -0.25) is 4.79 Å². The Balaban J connectivity index is 1.41. The number of phenols is 1. The van der Waals surface area contributed by atoms with E-state index in [9.17, 15) is 40.5 Å². The zero-order valence-corrected chi connectivity index (χ0v) is 23.0. The third-order valence-corrected chi connectivity index (χ3v) is 7.26. The number of ether oxygens (including phenoxy) is 6. The number of hydrogen-bond donors (Lipinski definition) is 7. The Morgan fingerprint density at radius 2 is 1.58 bits per heavy atom. The van der Waals surface area contributed by atoms with Crippen molar-refractivity contribution in [2.45, 2.75) is 55.3 Å². The number of aromatic hydroxyl groups is 1. The average molecular weight is 609 g/mol. The molecule has 2 aliphatic rings. The van der Waals surface area contributed by atoms with Crippen molar-refractivity contribution in [3.63, 3.8) is 0 Å². The summed E-state index contributed by atoms with van der Waals surface area (Å²) in [5.41, 5.74) is -0.149. The standard InChI is InChI=1S/C28H32O15/c1-37-12-6-18-21(14(30)8-17(41-18)11-3-4-16(38-2)13(29)5-11)19(7-12)42-28-26(36)24(34)23(33)20(43-28)10-40-27-25(35)22(32)15(31)9-39-27/h3-8,15,20,22-29,31-36H,9-10H2,1-2H3/t15-,20?,22+,23-,24+,25?,26?,27+,28-/m1/s1. The van der Waals surface area contributed by atoms with Crippen LogP contribution >= 0.6 is 0 Å². The number of fused-ring (bicyclic) bond motifs is 1. The fourth-order valence-electron chi connectivity index (χ4n) is 4.82. The Morgan fingerprint density at radius 3 is 2.28 bits per heavy atom. The summed E-state index contributed by atoms with van der Waals surface area (Å²) < 4.78 is 38.4. The van der Waals surface area contributed by atoms with Crippen LogP contribution < -0.4 is 19.6 Å². The van der Waals surface area contributed by atoms with E-state index < -0.39 is 67.3 Å². The molecule has 3 unspecified atom stereocenters. The van der Waals surface area contributed by atoms with E-state index in [-0.39, 0.29) is 46.3 Å². The van der Waals surface area contributed by atoms with Crippen LogP contribution in [-0.2, 0) is 14.2 Å². The van der Waals surface area contributed by atoms with E-state index in [1.165, 1.54) is 44.6 Å². The minimum Gasteiger partial charge on any atom is -0.504 e. The van der Waals surface area contributed by atoms with Gasteiger partial charge in [-0.1, -0.05) is 0 Å². The maximum atomic E-state index is 13.3. The molecule has 7 N–H and O–H groups in total. The number of hydrogen-bond acceptors (Lipinski definition) is 15. The first kappa shape index (κ1) is 30.9. The molecule has 15 nitrogen and oxygen atoms in total. The Hall–Kier alpha value is -3.51. The summed E-state index contributed by atoms with van der Waals surface area (Å²) in [5.74, 6) is 0.241. The first-order valence-electron chi connectivity index (χ1n) is 13.2. The molecule has 2 aliphatic heterocycles. The van der Waals surface area contributed by atoms with Crippen molar-refractivity contribution in [3.8, 4) is 34.3 Å². The highest BCUT2D eigenvalue weighted by Crippen LogP contribution is 2.36. The van der Waals surface area contributed by atoms with Crippen molar-refractivity contribution in [2.24, 2.45) is 0 Å². The van der Waals surface area contributed by atoms with E-state index in [4.69, 9.17) is 32.8 Å². The highest BCUT2D eigenvalue weighted by molar-refractivity contribution is 5.86. The van der Waals surface area contributed by atoms with E-state index in [1.54, 1.807) is 6.07 Å². The molecule has 2 aromatic carbocycles. The molecule has 0 radical (unpaired) electrons. The average Bonchev–Trinajstić information content (AvgIpc) is 2.99. The normalized spacial score (nSPS) is 31.1. The van der Waals surface area contributed by atoms with Gasteiger partial charge in [-0.05, 0) is 18.2 Å². The Morgan fingerprint density at radius 1 is 0.837 bits per heavy atom. The predicted molar refractivity (Wildman–Crippen MR) is 144 cm³/mol. The van der Waals surface area contributed by atoms with Crippen LogP contribution in [0.15, 0.2) is 45.6 Å². The molecule has 5 rings (SSSR count). The van der Waals surface area contributed by atoms with Gasteiger partial charge in [-0.15, -0.1) is 0 Å². The minimum absolute atomic E-state index is 0.0297. The number of methoxy groups -OCH3 is 2. The summed E-state index contributed by atoms with van der Waals surface area (Å²) in [4.78, 5) is 13.3. The van der Waals surface area contributed by atoms with Crippen LogP contribution in [0, 0.1) is 0 Å². The fraction of sp³-hybridized carbons (Fsp3) is 0.464. The fourth-order valence-corrected chi connectivity index (χ4v) is 4.82. The van der Waals surface area contributed by atoms with Gasteiger partial charge in [0.05, 0.1) is 27.4 Å². The molecular weight excluding hydrogens is 576 g/mol. The number of aliphatic hydroxyl groups excluding tert-OH is 6. The van der Waals surface area contributed by atoms with Gasteiger partial charge in [0, 0.05) is 23.8 Å². The molecule has 3 aromatic rings. The third-order valence-electron chi connectivity index (χ3n) is 7.26. The van der Waals surface area contributed by atoms with Gasteiger partial charge >= 0.3 is 0 Å². The minimum atomic E-state index is -1.78. The molecule has 1 aromatic heterocycles. The van der Waals surface area contributed by atoms with E-state index in [2.05, 4.69) is 0 Å². The van der Waals surface area contributed by atoms with Crippen LogP contribution in [-0.4, -0.2) is 118 Å². The summed E-state index contributed by atoms with van der Waals surface area (Å²) in [6.45, 7) is -0.814. The summed E-state index contributed by atoms with van der Waals surface area (Å²) >= 11 is 0. The van der Waals surface area contributed by atoms with Crippen LogP contribution in [0.2, 0.25) is 0 Å². The topological polar surface area (TPSA) is 227 Å². The van der Waals surface area contributed by atoms with Gasteiger partial charge in [-0.25, -0.2) is 0 Å². The number of phenolic OH excluding ortho intramolecular Hbond substituents is 1. The molecule has 2 fully saturated rings. The van der Waals surface area contributed by atoms with Crippen molar-refractivity contribution in [1.29, 1.82) is 0 Å². The lowest BCUT2D eigenvalue weighted by atomic mass is 9.99. The lowest BCUT2D eigenvalue weighted by Gasteiger charge is -2.41. The van der Waals surface area contributed by atoms with Crippen LogP contribution in [0.1, 0.15) is 0 Å². The molecule has 234 valence electrons. The second kappa shape index (κ2) is 12.6. The van der Waals surface area contributed by atoms with Crippen LogP contribution in [0.25, 0.3) is 22.3 Å². The second-order valence-corrected chi connectivity index (χ2v) is 10.1. The quantitative estimate of drug-likeness (QED) is 0.160. The third kappa shape index (κ3) is 6.12. The van der Waals surface area contributed by atoms with Crippen molar-refractivity contribution >= 4 is 11.0 Å². The van der Waals surface area contributed by atoms with Gasteiger partial charge in [-0.2, -0.15) is 0 Å². The van der Waals surface area contributed by atoms with E-state index in [0.29, 0.717) is 5.56 Å². The molecule has 43 heavy (non-hydrogen) atoms. The zero-order valence-electron chi connectivity index (χ0n) is 23.0. The molecule has 3 heterocycles. The summed E-state index contributed by atoms with van der Waals surface area (Å²) in [6.07, 6.45) is -14.0. The van der Waals surface area contributed by atoms with Crippen LogP contribution in [0.3, 0.4) is 0 Å². The molecule has 9 atom stereocenters. The maximum Gasteiger partial charge on any atom is 0.229 e. The first-order chi connectivity index (χ1) is 20.5. The van der Waals surface area contributed by atoms with Gasteiger partial charge in [0.2, 0.25) is 6.29 Å². The zero-order chi connectivity index (χ0) is 31.0. The molecule has 0 aliphatic carbocycles. The van der Waals surface area contributed by atoms with Crippen LogP contribution in [0.4, 0.5) is 0 Å². The molecular formula is C28H32O15. The smallest absolute Gasteiger partial charge is 0.229 e. The van der Waals surface area contributed by atoms with Crippen molar-refractivity contribution in [3.05, 3.63) is 46.6 Å². The number of aliphatic hydroxyl groups is 6. The number of benzene rings is 2. The van der Waals surface area contributed by atoms with Crippen LogP contribution in [0.5, 0.6) is 23.0 Å². The van der Waals surface area contributed by atoms with Crippen molar-refractivity contribution in [2.75, 3.05) is 27.4 Å². The molecule has 2 saturated heterocycles. The largest absolute Gasteiger partial charge is 0.504 e. The number of rotatable bonds is 8. The lowest BCUT2D eigenvalue weighted by molar-refractivity contribution is -0.307. The summed E-state index contributed by atoms with van der Waals surface area (Å²) in [7, 11) is 2.76. The Labute approximate surface area is 243 Å². The Bertz CT molecular complexity index is 1490. The van der Waals surface area contributed by atoms with Gasteiger partial charge in [0.25, 0.3) is 0 Å². The highest BCUT2D eigenvalue weighted by Gasteiger charge is 2.46. The summed E-state index contributed by atoms with van der Waals surface area (Å²) in [6, 6.07) is 8.41. The predicted octanol–water partition coefficient (Wildman–Crippen LogP) is -1.18. The molecule has 0 spiro atoms. The molecule has 0 amide bonds. The van der Waals surface area contributed by atoms with E-state index in [0.717, 1.165) is 0 Å². The second-order valence-electron chi connectivity index (χ2n) is 10.1. The maximum absolute atomic E-state index is 13.3. The molecule has 0 bridgehead atoms. The van der Waals surface area contributed by atoms with Crippen molar-refractivity contribution in [1.82, 2.24) is 0 Å². The highest BCUT2D eigenvalue weighted by atomic mass is 16.7. The van der Waals surface area contributed by atoms with Crippen molar-refractivity contribution < 1.29 is 68.6 Å².